The van der Waals surface area contributed by atoms with Crippen LogP contribution in [0.3, 0.4) is 0 Å². The van der Waals surface area contributed by atoms with Crippen molar-refractivity contribution >= 4 is 17.3 Å². The number of hydrogen-bond donors (Lipinski definition) is 0. The van der Waals surface area contributed by atoms with Crippen molar-refractivity contribution in [1.29, 1.82) is 0 Å². The van der Waals surface area contributed by atoms with Crippen LogP contribution in [0.2, 0.25) is 0 Å². The van der Waals surface area contributed by atoms with E-state index in [0.29, 0.717) is 17.3 Å². The highest BCUT2D eigenvalue weighted by atomic mass is 32.1. The molecule has 16 heavy (non-hydrogen) atoms. The van der Waals surface area contributed by atoms with Crippen molar-refractivity contribution < 1.29 is 4.79 Å². The lowest BCUT2D eigenvalue weighted by molar-refractivity contribution is 0.0995. The van der Waals surface area contributed by atoms with Crippen molar-refractivity contribution in [2.45, 2.75) is 26.3 Å². The normalized spacial score (nSPS) is 10.9. The highest BCUT2D eigenvalue weighted by Crippen LogP contribution is 2.09. The molecule has 0 aromatic carbocycles. The molecule has 6 heteroatoms. The monoisotopic (exact) mass is 236 g/mol. The van der Waals surface area contributed by atoms with Crippen LogP contribution in [-0.4, -0.2) is 25.2 Å². The van der Waals surface area contributed by atoms with E-state index in [0.717, 1.165) is 17.2 Å². The molecule has 0 amide bonds. The summed E-state index contributed by atoms with van der Waals surface area (Å²) in [5.41, 5.74) is 0.784. The molecule has 0 aliphatic rings. The van der Waals surface area contributed by atoms with E-state index >= 15 is 0 Å². The number of carbonyl (C=O) groups excluding carboxylic acids is 1. The lowest BCUT2D eigenvalue weighted by Crippen LogP contribution is -2.05. The highest BCUT2D eigenvalue weighted by Gasteiger charge is 2.11. The first kappa shape index (κ1) is 10.9. The smallest absolute Gasteiger partial charge is 0.182 e. The van der Waals surface area contributed by atoms with Crippen LogP contribution in [0.25, 0.3) is 0 Å². The Hall–Kier alpha value is -1.56. The Morgan fingerprint density at radius 3 is 2.94 bits per heavy atom. The van der Waals surface area contributed by atoms with Crippen LogP contribution in [0, 0.1) is 0 Å². The lowest BCUT2D eigenvalue weighted by Gasteiger charge is -2.03. The summed E-state index contributed by atoms with van der Waals surface area (Å²) < 4.78 is 5.50. The molecule has 2 heterocycles. The van der Waals surface area contributed by atoms with Crippen LogP contribution < -0.4 is 0 Å². The first-order valence-corrected chi connectivity index (χ1v) is 5.78. The van der Waals surface area contributed by atoms with Crippen molar-refractivity contribution in [2.75, 3.05) is 0 Å². The Bertz CT molecular complexity index is 475. The summed E-state index contributed by atoms with van der Waals surface area (Å²) in [4.78, 5) is 12.3. The molecule has 0 N–H and O–H groups in total. The molecule has 0 fully saturated rings. The summed E-state index contributed by atoms with van der Waals surface area (Å²) in [5.74, 6) is 0.0176. The SMILES string of the molecule is CC(C)n1ccc(CC(=O)c2cnns2)n1. The van der Waals surface area contributed by atoms with E-state index < -0.39 is 0 Å². The molecule has 0 unspecified atom stereocenters. The summed E-state index contributed by atoms with van der Waals surface area (Å²) in [6, 6.07) is 2.18. The highest BCUT2D eigenvalue weighted by molar-refractivity contribution is 7.07. The van der Waals surface area contributed by atoms with Crippen LogP contribution in [0.1, 0.15) is 35.3 Å². The third-order valence-corrected chi connectivity index (χ3v) is 2.88. The van der Waals surface area contributed by atoms with Crippen LogP contribution in [0.5, 0.6) is 0 Å². The van der Waals surface area contributed by atoms with Crippen molar-refractivity contribution in [3.63, 3.8) is 0 Å². The Balaban J connectivity index is 2.07. The quantitative estimate of drug-likeness (QED) is 0.759. The fraction of sp³-hybridized carbons (Fsp3) is 0.400. The molecule has 84 valence electrons. The zero-order valence-corrected chi connectivity index (χ0v) is 9.94. The van der Waals surface area contributed by atoms with Gasteiger partial charge in [-0.1, -0.05) is 4.49 Å². The number of ketones is 1. The minimum atomic E-state index is 0.0176. The maximum Gasteiger partial charge on any atom is 0.182 e. The van der Waals surface area contributed by atoms with E-state index in [4.69, 9.17) is 0 Å². The van der Waals surface area contributed by atoms with Gasteiger partial charge in [-0.3, -0.25) is 9.48 Å². The molecule has 0 atom stereocenters. The van der Waals surface area contributed by atoms with Gasteiger partial charge in [-0.15, -0.1) is 5.10 Å². The number of nitrogens with zero attached hydrogens (tertiary/aromatic N) is 4. The third kappa shape index (κ3) is 2.33. The molecule has 0 saturated heterocycles. The molecule has 0 radical (unpaired) electrons. The summed E-state index contributed by atoms with van der Waals surface area (Å²) in [5, 5.41) is 7.96. The molecule has 0 aliphatic carbocycles. The number of aromatic nitrogens is 4. The van der Waals surface area contributed by atoms with Crippen LogP contribution in [0.15, 0.2) is 18.5 Å². The predicted octanol–water partition coefficient (Wildman–Crippen LogP) is 1.74. The molecular weight excluding hydrogens is 224 g/mol. The van der Waals surface area contributed by atoms with Crippen LogP contribution in [0.4, 0.5) is 0 Å². The number of hydrogen-bond acceptors (Lipinski definition) is 5. The third-order valence-electron chi connectivity index (χ3n) is 2.17. The van der Waals surface area contributed by atoms with Crippen molar-refractivity contribution in [1.82, 2.24) is 19.4 Å². The van der Waals surface area contributed by atoms with E-state index in [1.807, 2.05) is 30.8 Å². The van der Waals surface area contributed by atoms with Crippen molar-refractivity contribution in [3.8, 4) is 0 Å². The zero-order valence-electron chi connectivity index (χ0n) is 9.12. The van der Waals surface area contributed by atoms with Gasteiger partial charge in [-0.25, -0.2) is 0 Å². The average Bonchev–Trinajstić information content (AvgIpc) is 2.87. The molecule has 2 aromatic heterocycles. The van der Waals surface area contributed by atoms with Gasteiger partial charge in [0.15, 0.2) is 5.78 Å². The van der Waals surface area contributed by atoms with Gasteiger partial charge in [-0.2, -0.15) is 5.10 Å². The van der Waals surface area contributed by atoms with Gasteiger partial charge >= 0.3 is 0 Å². The second kappa shape index (κ2) is 4.52. The van der Waals surface area contributed by atoms with Crippen LogP contribution in [-0.2, 0) is 6.42 Å². The van der Waals surface area contributed by atoms with Gasteiger partial charge in [0.05, 0.1) is 18.3 Å². The topological polar surface area (TPSA) is 60.7 Å². The van der Waals surface area contributed by atoms with Gasteiger partial charge in [0.1, 0.15) is 4.88 Å². The minimum Gasteiger partial charge on any atom is -0.293 e. The van der Waals surface area contributed by atoms with Crippen molar-refractivity contribution in [2.24, 2.45) is 0 Å². The fourth-order valence-electron chi connectivity index (χ4n) is 1.30. The molecule has 0 aliphatic heterocycles. The second-order valence-corrected chi connectivity index (χ2v) is 4.55. The fourth-order valence-corrected chi connectivity index (χ4v) is 1.75. The number of Topliss-reactive ketones (excluding diaryl/α,β-unsaturated/α-hetero) is 1. The minimum absolute atomic E-state index is 0.0176. The standard InChI is InChI=1S/C10H12N4OS/c1-7(2)14-4-3-8(12-14)5-9(15)10-6-11-13-16-10/h3-4,6-7H,5H2,1-2H3. The largest absolute Gasteiger partial charge is 0.293 e. The molecule has 2 rings (SSSR count). The van der Waals surface area contributed by atoms with Gasteiger partial charge in [0, 0.05) is 12.2 Å². The van der Waals surface area contributed by atoms with Gasteiger partial charge in [0.2, 0.25) is 0 Å². The Morgan fingerprint density at radius 1 is 1.56 bits per heavy atom. The maximum absolute atomic E-state index is 11.7. The second-order valence-electron chi connectivity index (χ2n) is 3.76. The summed E-state index contributed by atoms with van der Waals surface area (Å²) in [6.45, 7) is 4.09. The van der Waals surface area contributed by atoms with E-state index in [-0.39, 0.29) is 5.78 Å². The summed E-state index contributed by atoms with van der Waals surface area (Å²) >= 11 is 1.12. The van der Waals surface area contributed by atoms with E-state index in [9.17, 15) is 4.79 Å². The number of rotatable bonds is 4. The van der Waals surface area contributed by atoms with E-state index in [1.165, 1.54) is 6.20 Å². The molecule has 0 saturated carbocycles. The van der Waals surface area contributed by atoms with E-state index in [1.54, 1.807) is 0 Å². The molecule has 2 aromatic rings. The lowest BCUT2D eigenvalue weighted by atomic mass is 10.2. The summed E-state index contributed by atoms with van der Waals surface area (Å²) in [6.07, 6.45) is 3.69. The van der Waals surface area contributed by atoms with E-state index in [2.05, 4.69) is 14.7 Å². The molecule has 5 nitrogen and oxygen atoms in total. The maximum atomic E-state index is 11.7. The first-order valence-electron chi connectivity index (χ1n) is 5.01. The zero-order chi connectivity index (χ0) is 11.5. The van der Waals surface area contributed by atoms with Gasteiger partial charge in [-0.05, 0) is 31.4 Å². The molecule has 0 spiro atoms. The molecule has 0 bridgehead atoms. The Labute approximate surface area is 97.3 Å². The Morgan fingerprint density at radius 2 is 2.38 bits per heavy atom. The first-order chi connectivity index (χ1) is 7.66. The number of carbonyl (C=O) groups is 1. The average molecular weight is 236 g/mol. The van der Waals surface area contributed by atoms with Crippen molar-refractivity contribution in [3.05, 3.63) is 29.0 Å². The molecular formula is C10H12N4OS. The van der Waals surface area contributed by atoms with Gasteiger partial charge in [0.25, 0.3) is 0 Å². The van der Waals surface area contributed by atoms with Gasteiger partial charge < -0.3 is 0 Å². The Kier molecular flexibility index (Phi) is 3.09. The van der Waals surface area contributed by atoms with Crippen LogP contribution >= 0.6 is 11.5 Å². The summed E-state index contributed by atoms with van der Waals surface area (Å²) in [7, 11) is 0. The predicted molar refractivity (Wildman–Crippen MR) is 60.6 cm³/mol.